The number of nitriles is 1. The second kappa shape index (κ2) is 5.30. The van der Waals surface area contributed by atoms with E-state index in [1.807, 2.05) is 36.4 Å². The minimum atomic E-state index is -0.496. The minimum absolute atomic E-state index is 0.112. The number of H-pyrrole nitrogens is 1. The van der Waals surface area contributed by atoms with Gasteiger partial charge in [0.25, 0.3) is 5.91 Å². The van der Waals surface area contributed by atoms with Crippen LogP contribution in [-0.4, -0.2) is 21.0 Å². The Morgan fingerprint density at radius 1 is 1.33 bits per heavy atom. The van der Waals surface area contributed by atoms with Crippen LogP contribution < -0.4 is 5.32 Å². The molecule has 0 saturated carbocycles. The molecule has 21 heavy (non-hydrogen) atoms. The number of hydrogen-bond acceptors (Lipinski definition) is 5. The van der Waals surface area contributed by atoms with Gasteiger partial charge in [-0.05, 0) is 0 Å². The van der Waals surface area contributed by atoms with Crippen LogP contribution in [0.3, 0.4) is 0 Å². The van der Waals surface area contributed by atoms with E-state index in [4.69, 9.17) is 9.78 Å². The molecule has 3 aromatic rings. The van der Waals surface area contributed by atoms with Gasteiger partial charge in [0.05, 0.1) is 6.33 Å². The van der Waals surface area contributed by atoms with Crippen molar-refractivity contribution >= 4 is 11.7 Å². The molecule has 0 bridgehead atoms. The van der Waals surface area contributed by atoms with Crippen LogP contribution in [0.5, 0.6) is 0 Å². The quantitative estimate of drug-likeness (QED) is 0.764. The number of rotatable bonds is 3. The standard InChI is InChI=1S/C14H9N5O2/c15-7-11-13(17-8-16-11)18-14(20)10-6-12(21-19-10)9-4-2-1-3-5-9/h1-6,8H,(H,16,17)(H,18,20). The maximum Gasteiger partial charge on any atom is 0.279 e. The van der Waals surface area contributed by atoms with Crippen LogP contribution in [0.15, 0.2) is 47.2 Å². The average Bonchev–Trinajstić information content (AvgIpc) is 3.17. The summed E-state index contributed by atoms with van der Waals surface area (Å²) in [6.07, 6.45) is 1.33. The van der Waals surface area contributed by atoms with E-state index in [1.54, 1.807) is 0 Å². The summed E-state index contributed by atoms with van der Waals surface area (Å²) in [7, 11) is 0. The smallest absolute Gasteiger partial charge is 0.279 e. The molecular weight excluding hydrogens is 270 g/mol. The van der Waals surface area contributed by atoms with E-state index < -0.39 is 5.91 Å². The van der Waals surface area contributed by atoms with Crippen LogP contribution in [0.1, 0.15) is 16.2 Å². The first-order valence-electron chi connectivity index (χ1n) is 6.05. The normalized spacial score (nSPS) is 10.0. The van der Waals surface area contributed by atoms with Gasteiger partial charge in [-0.2, -0.15) is 5.26 Å². The highest BCUT2D eigenvalue weighted by atomic mass is 16.5. The molecule has 0 saturated heterocycles. The summed E-state index contributed by atoms with van der Waals surface area (Å²) in [5.74, 6) is 0.152. The van der Waals surface area contributed by atoms with Crippen molar-refractivity contribution < 1.29 is 9.32 Å². The molecule has 0 aliphatic heterocycles. The van der Waals surface area contributed by atoms with Crippen molar-refractivity contribution in [2.45, 2.75) is 0 Å². The van der Waals surface area contributed by atoms with E-state index in [9.17, 15) is 4.79 Å². The van der Waals surface area contributed by atoms with Crippen molar-refractivity contribution in [3.8, 4) is 17.4 Å². The number of nitrogens with zero attached hydrogens (tertiary/aromatic N) is 3. The van der Waals surface area contributed by atoms with Gasteiger partial charge in [-0.15, -0.1) is 0 Å². The third-order valence-corrected chi connectivity index (χ3v) is 2.78. The number of carbonyl (C=O) groups is 1. The first-order chi connectivity index (χ1) is 10.3. The number of aromatic amines is 1. The van der Waals surface area contributed by atoms with E-state index in [0.717, 1.165) is 5.56 Å². The van der Waals surface area contributed by atoms with Gasteiger partial charge in [0.15, 0.2) is 23.0 Å². The fourth-order valence-corrected chi connectivity index (χ4v) is 1.77. The summed E-state index contributed by atoms with van der Waals surface area (Å²) in [6.45, 7) is 0. The highest BCUT2D eigenvalue weighted by Gasteiger charge is 2.16. The molecule has 0 aliphatic rings. The lowest BCUT2D eigenvalue weighted by molar-refractivity contribution is 0.101. The van der Waals surface area contributed by atoms with Gasteiger partial charge in [0, 0.05) is 11.6 Å². The molecule has 102 valence electrons. The van der Waals surface area contributed by atoms with Crippen molar-refractivity contribution in [1.29, 1.82) is 5.26 Å². The Kier molecular flexibility index (Phi) is 3.19. The Bertz CT molecular complexity index is 813. The molecule has 0 fully saturated rings. The maximum absolute atomic E-state index is 12.0. The van der Waals surface area contributed by atoms with E-state index in [1.165, 1.54) is 12.4 Å². The van der Waals surface area contributed by atoms with Gasteiger partial charge in [-0.25, -0.2) is 4.98 Å². The molecular formula is C14H9N5O2. The van der Waals surface area contributed by atoms with Gasteiger partial charge < -0.3 is 14.8 Å². The molecule has 1 amide bonds. The fourth-order valence-electron chi connectivity index (χ4n) is 1.77. The lowest BCUT2D eigenvalue weighted by Crippen LogP contribution is -2.13. The number of aromatic nitrogens is 3. The monoisotopic (exact) mass is 279 g/mol. The lowest BCUT2D eigenvalue weighted by Gasteiger charge is -1.97. The summed E-state index contributed by atoms with van der Waals surface area (Å²) in [6, 6.07) is 12.7. The SMILES string of the molecule is N#Cc1[nH]cnc1NC(=O)c1cc(-c2ccccc2)on1. The van der Waals surface area contributed by atoms with E-state index >= 15 is 0 Å². The third kappa shape index (κ3) is 2.50. The maximum atomic E-state index is 12.0. The Labute approximate surface area is 119 Å². The zero-order chi connectivity index (χ0) is 14.7. The van der Waals surface area contributed by atoms with Gasteiger partial charge in [0.1, 0.15) is 6.07 Å². The van der Waals surface area contributed by atoms with Crippen LogP contribution in [0.25, 0.3) is 11.3 Å². The fraction of sp³-hybridized carbons (Fsp3) is 0. The lowest BCUT2D eigenvalue weighted by atomic mass is 10.1. The Balaban J connectivity index is 1.81. The largest absolute Gasteiger partial charge is 0.355 e. The molecule has 7 heteroatoms. The number of anilines is 1. The predicted molar refractivity (Wildman–Crippen MR) is 73.2 cm³/mol. The van der Waals surface area contributed by atoms with Crippen molar-refractivity contribution in [2.75, 3.05) is 5.32 Å². The molecule has 0 unspecified atom stereocenters. The van der Waals surface area contributed by atoms with Crippen LogP contribution >= 0.6 is 0 Å². The molecule has 2 N–H and O–H groups in total. The Morgan fingerprint density at radius 3 is 2.90 bits per heavy atom. The first-order valence-corrected chi connectivity index (χ1v) is 6.05. The summed E-state index contributed by atoms with van der Waals surface area (Å²) in [4.78, 5) is 18.5. The van der Waals surface area contributed by atoms with Crippen molar-refractivity contribution in [1.82, 2.24) is 15.1 Å². The molecule has 7 nitrogen and oxygen atoms in total. The topological polar surface area (TPSA) is 108 Å². The van der Waals surface area contributed by atoms with Crippen molar-refractivity contribution in [2.24, 2.45) is 0 Å². The van der Waals surface area contributed by atoms with Crippen LogP contribution in [0.4, 0.5) is 5.82 Å². The number of benzene rings is 1. The summed E-state index contributed by atoms with van der Waals surface area (Å²) < 4.78 is 5.14. The molecule has 2 aromatic heterocycles. The molecule has 0 aliphatic carbocycles. The number of amides is 1. The zero-order valence-corrected chi connectivity index (χ0v) is 10.7. The second-order valence-corrected chi connectivity index (χ2v) is 4.13. The second-order valence-electron chi connectivity index (χ2n) is 4.13. The van der Waals surface area contributed by atoms with Crippen LogP contribution in [0, 0.1) is 11.3 Å². The highest BCUT2D eigenvalue weighted by Crippen LogP contribution is 2.20. The van der Waals surface area contributed by atoms with E-state index in [-0.39, 0.29) is 17.2 Å². The van der Waals surface area contributed by atoms with E-state index in [0.29, 0.717) is 5.76 Å². The van der Waals surface area contributed by atoms with E-state index in [2.05, 4.69) is 20.4 Å². The molecule has 0 atom stereocenters. The van der Waals surface area contributed by atoms with Gasteiger partial charge in [0.2, 0.25) is 0 Å². The summed E-state index contributed by atoms with van der Waals surface area (Å²) in [5, 5.41) is 15.1. The van der Waals surface area contributed by atoms with Crippen LogP contribution in [-0.2, 0) is 0 Å². The average molecular weight is 279 g/mol. The first kappa shape index (κ1) is 12.6. The number of imidazole rings is 1. The van der Waals surface area contributed by atoms with Crippen molar-refractivity contribution in [3.05, 3.63) is 54.1 Å². The summed E-state index contributed by atoms with van der Waals surface area (Å²) >= 11 is 0. The molecule has 2 heterocycles. The van der Waals surface area contributed by atoms with Gasteiger partial charge in [-0.1, -0.05) is 35.5 Å². The summed E-state index contributed by atoms with van der Waals surface area (Å²) in [5.41, 5.74) is 1.11. The molecule has 0 spiro atoms. The number of carbonyl (C=O) groups excluding carboxylic acids is 1. The van der Waals surface area contributed by atoms with Crippen LogP contribution in [0.2, 0.25) is 0 Å². The van der Waals surface area contributed by atoms with Crippen molar-refractivity contribution in [3.63, 3.8) is 0 Å². The Hall–Kier alpha value is -3.40. The third-order valence-electron chi connectivity index (χ3n) is 2.78. The van der Waals surface area contributed by atoms with Gasteiger partial charge >= 0.3 is 0 Å². The Morgan fingerprint density at radius 2 is 2.14 bits per heavy atom. The number of nitrogens with one attached hydrogen (secondary N) is 2. The molecule has 3 rings (SSSR count). The number of hydrogen-bond donors (Lipinski definition) is 2. The predicted octanol–water partition coefficient (Wildman–Crippen LogP) is 2.19. The minimum Gasteiger partial charge on any atom is -0.355 e. The molecule has 0 radical (unpaired) electrons. The zero-order valence-electron chi connectivity index (χ0n) is 10.7. The molecule has 1 aromatic carbocycles. The van der Waals surface area contributed by atoms with Gasteiger partial charge in [-0.3, -0.25) is 4.79 Å². The highest BCUT2D eigenvalue weighted by molar-refractivity contribution is 6.03.